The number of hydrogen-bond acceptors (Lipinski definition) is 5. The van der Waals surface area contributed by atoms with E-state index in [1.54, 1.807) is 11.0 Å². The molecule has 1 aromatic carbocycles. The second kappa shape index (κ2) is 12.5. The van der Waals surface area contributed by atoms with E-state index in [0.29, 0.717) is 12.1 Å². The molecule has 0 aliphatic heterocycles. The van der Waals surface area contributed by atoms with Crippen molar-refractivity contribution in [3.8, 4) is 5.75 Å². The van der Waals surface area contributed by atoms with Gasteiger partial charge in [0.1, 0.15) is 17.2 Å². The van der Waals surface area contributed by atoms with Crippen molar-refractivity contribution in [1.29, 1.82) is 0 Å². The Balaban J connectivity index is 1.89. The number of benzene rings is 1. The van der Waals surface area contributed by atoms with E-state index in [1.807, 2.05) is 45.0 Å². The van der Waals surface area contributed by atoms with E-state index in [4.69, 9.17) is 9.16 Å². The molecule has 2 unspecified atom stereocenters. The van der Waals surface area contributed by atoms with Crippen LogP contribution in [0.15, 0.2) is 42.6 Å². The second-order valence-corrected chi connectivity index (χ2v) is 18.5. The molecule has 226 valence electrons. The van der Waals surface area contributed by atoms with E-state index in [1.165, 1.54) is 12.3 Å². The van der Waals surface area contributed by atoms with Crippen molar-refractivity contribution in [3.63, 3.8) is 0 Å². The van der Waals surface area contributed by atoms with Crippen LogP contribution in [-0.2, 0) is 9.53 Å². The van der Waals surface area contributed by atoms with Crippen molar-refractivity contribution in [1.82, 2.24) is 10.3 Å². The standard InChI is InChI=1S/C32H48FN3O4Si/c1-11-21(2)28(35-30(38)39-31(3,4)5)20-36(29(37)26-18-25(26)27-17-12-22(33)19-34-27)23-13-15-24(16-14-23)40-41(9,10)32(6,7)8/h12-17,19,21,25-26,28H,11,18,20H2,1-10H3,(H,35,38)/t21-,25?,26?,28+/m0/s1. The predicted octanol–water partition coefficient (Wildman–Crippen LogP) is 7.68. The van der Waals surface area contributed by atoms with Gasteiger partial charge in [0, 0.05) is 29.8 Å². The molecule has 1 fully saturated rings. The first-order valence-corrected chi connectivity index (χ1v) is 17.5. The van der Waals surface area contributed by atoms with Crippen molar-refractivity contribution in [2.45, 2.75) is 104 Å². The molecule has 0 spiro atoms. The Morgan fingerprint density at radius 1 is 1.10 bits per heavy atom. The highest BCUT2D eigenvalue weighted by Crippen LogP contribution is 2.48. The maximum absolute atomic E-state index is 14.0. The lowest BCUT2D eigenvalue weighted by Crippen LogP contribution is -2.50. The van der Waals surface area contributed by atoms with E-state index >= 15 is 0 Å². The zero-order valence-corrected chi connectivity index (χ0v) is 27.4. The third-order valence-corrected chi connectivity index (χ3v) is 12.6. The van der Waals surface area contributed by atoms with Crippen LogP contribution in [0.3, 0.4) is 0 Å². The first kappa shape index (κ1) is 32.6. The summed E-state index contributed by atoms with van der Waals surface area (Å²) in [6, 6.07) is 10.4. The fraction of sp³-hybridized carbons (Fsp3) is 0.594. The Hall–Kier alpha value is -2.94. The largest absolute Gasteiger partial charge is 0.544 e. The van der Waals surface area contributed by atoms with Gasteiger partial charge in [-0.25, -0.2) is 9.18 Å². The minimum atomic E-state index is -2.03. The molecule has 2 aromatic rings. The van der Waals surface area contributed by atoms with Gasteiger partial charge >= 0.3 is 6.09 Å². The van der Waals surface area contributed by atoms with Crippen molar-refractivity contribution in [2.24, 2.45) is 11.8 Å². The minimum absolute atomic E-state index is 0.0431. The number of pyridine rings is 1. The zero-order chi connectivity index (χ0) is 30.8. The lowest BCUT2D eigenvalue weighted by molar-refractivity contribution is -0.120. The van der Waals surface area contributed by atoms with Gasteiger partial charge in [0.15, 0.2) is 0 Å². The number of nitrogens with zero attached hydrogens (tertiary/aromatic N) is 2. The summed E-state index contributed by atoms with van der Waals surface area (Å²) in [5, 5.41) is 3.07. The average molecular weight is 586 g/mol. The van der Waals surface area contributed by atoms with E-state index in [0.717, 1.165) is 17.9 Å². The molecule has 0 saturated heterocycles. The van der Waals surface area contributed by atoms with Gasteiger partial charge in [0.2, 0.25) is 14.2 Å². The molecule has 1 aliphatic rings. The van der Waals surface area contributed by atoms with Gasteiger partial charge in [-0.05, 0) is 87.6 Å². The third kappa shape index (κ3) is 8.77. The number of aromatic nitrogens is 1. The monoisotopic (exact) mass is 585 g/mol. The van der Waals surface area contributed by atoms with Crippen molar-refractivity contribution < 1.29 is 23.1 Å². The fourth-order valence-electron chi connectivity index (χ4n) is 4.37. The van der Waals surface area contributed by atoms with Crippen LogP contribution in [-0.4, -0.2) is 43.5 Å². The SMILES string of the molecule is CC[C@H](C)[C@@H](CN(C(=O)C1CC1c1ccc(F)cn1)c1ccc(O[Si](C)(C)C(C)(C)C)cc1)NC(=O)OC(C)(C)C. The number of halogens is 1. The summed E-state index contributed by atoms with van der Waals surface area (Å²) >= 11 is 0. The Morgan fingerprint density at radius 2 is 1.73 bits per heavy atom. The van der Waals surface area contributed by atoms with Gasteiger partial charge in [-0.3, -0.25) is 9.78 Å². The number of carbonyl (C=O) groups excluding carboxylic acids is 2. The molecule has 1 heterocycles. The highest BCUT2D eigenvalue weighted by atomic mass is 28.4. The van der Waals surface area contributed by atoms with Crippen LogP contribution in [0, 0.1) is 17.7 Å². The number of ether oxygens (including phenoxy) is 1. The van der Waals surface area contributed by atoms with Gasteiger partial charge in [0.05, 0.1) is 12.2 Å². The molecule has 1 N–H and O–H groups in total. The van der Waals surface area contributed by atoms with Crippen LogP contribution < -0.4 is 14.6 Å². The Bertz CT molecular complexity index is 1190. The van der Waals surface area contributed by atoms with Gasteiger partial charge in [0.25, 0.3) is 0 Å². The summed E-state index contributed by atoms with van der Waals surface area (Å²) in [6.45, 7) is 20.9. The summed E-state index contributed by atoms with van der Waals surface area (Å²) in [7, 11) is -2.03. The lowest BCUT2D eigenvalue weighted by Gasteiger charge is -2.36. The number of nitrogens with one attached hydrogen (secondary N) is 1. The minimum Gasteiger partial charge on any atom is -0.544 e. The van der Waals surface area contributed by atoms with E-state index in [2.05, 4.69) is 58.0 Å². The average Bonchev–Trinajstić information content (AvgIpc) is 3.66. The first-order valence-electron chi connectivity index (χ1n) is 14.6. The number of alkyl carbamates (subject to hydrolysis) is 1. The summed E-state index contributed by atoms with van der Waals surface area (Å²) in [5.74, 6) is 0.0931. The Kier molecular flexibility index (Phi) is 9.94. The van der Waals surface area contributed by atoms with Crippen molar-refractivity contribution in [2.75, 3.05) is 11.4 Å². The maximum atomic E-state index is 14.0. The number of anilines is 1. The lowest BCUT2D eigenvalue weighted by atomic mass is 9.98. The van der Waals surface area contributed by atoms with E-state index < -0.39 is 25.8 Å². The van der Waals surface area contributed by atoms with Gasteiger partial charge in [-0.2, -0.15) is 0 Å². The summed E-state index contributed by atoms with van der Waals surface area (Å²) < 4.78 is 25.5. The molecule has 1 saturated carbocycles. The highest BCUT2D eigenvalue weighted by Gasteiger charge is 2.47. The second-order valence-electron chi connectivity index (χ2n) is 13.8. The number of rotatable bonds is 10. The smallest absolute Gasteiger partial charge is 0.407 e. The fourth-order valence-corrected chi connectivity index (χ4v) is 5.41. The molecule has 7 nitrogen and oxygen atoms in total. The quantitative estimate of drug-likeness (QED) is 0.289. The summed E-state index contributed by atoms with van der Waals surface area (Å²) in [6.07, 6.45) is 2.15. The number of hydrogen-bond donors (Lipinski definition) is 1. The summed E-state index contributed by atoms with van der Waals surface area (Å²) in [5.41, 5.74) is 0.811. The molecule has 1 aliphatic carbocycles. The predicted molar refractivity (Wildman–Crippen MR) is 164 cm³/mol. The van der Waals surface area contributed by atoms with Crippen LogP contribution in [0.4, 0.5) is 14.9 Å². The molecule has 1 aromatic heterocycles. The molecular formula is C32H48FN3O4Si. The summed E-state index contributed by atoms with van der Waals surface area (Å²) in [4.78, 5) is 32.8. The molecule has 3 rings (SSSR count). The molecule has 0 radical (unpaired) electrons. The van der Waals surface area contributed by atoms with Gasteiger partial charge in [-0.15, -0.1) is 0 Å². The Morgan fingerprint density at radius 3 is 2.24 bits per heavy atom. The normalized spacial score (nSPS) is 18.7. The molecule has 41 heavy (non-hydrogen) atoms. The third-order valence-electron chi connectivity index (χ3n) is 8.24. The van der Waals surface area contributed by atoms with Crippen molar-refractivity contribution >= 4 is 26.0 Å². The Labute approximate surface area is 246 Å². The molecule has 2 amide bonds. The first-order chi connectivity index (χ1) is 18.9. The van der Waals surface area contributed by atoms with Gasteiger partial charge in [-0.1, -0.05) is 41.0 Å². The number of amides is 2. The van der Waals surface area contributed by atoms with Crippen LogP contribution in [0.25, 0.3) is 0 Å². The van der Waals surface area contributed by atoms with Crippen molar-refractivity contribution in [3.05, 3.63) is 54.1 Å². The zero-order valence-electron chi connectivity index (χ0n) is 26.4. The van der Waals surface area contributed by atoms with Gasteiger partial charge < -0.3 is 19.4 Å². The molecular weight excluding hydrogens is 537 g/mol. The molecule has 4 atom stereocenters. The molecule has 0 bridgehead atoms. The van der Waals surface area contributed by atoms with Crippen LogP contribution >= 0.6 is 0 Å². The topological polar surface area (TPSA) is 80.8 Å². The van der Waals surface area contributed by atoms with Crippen LogP contribution in [0.2, 0.25) is 18.1 Å². The highest BCUT2D eigenvalue weighted by molar-refractivity contribution is 6.74. The number of carbonyl (C=O) groups is 2. The van der Waals surface area contributed by atoms with Crippen LogP contribution in [0.1, 0.15) is 79.8 Å². The van der Waals surface area contributed by atoms with E-state index in [9.17, 15) is 14.0 Å². The van der Waals surface area contributed by atoms with E-state index in [-0.39, 0.29) is 41.3 Å². The van der Waals surface area contributed by atoms with Crippen LogP contribution in [0.5, 0.6) is 5.75 Å². The molecule has 9 heteroatoms. The maximum Gasteiger partial charge on any atom is 0.407 e.